The highest BCUT2D eigenvalue weighted by atomic mass is 15.1. The Morgan fingerprint density at radius 3 is 2.62 bits per heavy atom. The van der Waals surface area contributed by atoms with Crippen LogP contribution in [0.15, 0.2) is 0 Å². The Balaban J connectivity index is 1.54. The predicted molar refractivity (Wildman–Crippen MR) is 67.5 cm³/mol. The van der Waals surface area contributed by atoms with Crippen molar-refractivity contribution in [3.8, 4) is 0 Å². The van der Waals surface area contributed by atoms with Gasteiger partial charge in [0.15, 0.2) is 0 Å². The van der Waals surface area contributed by atoms with Crippen LogP contribution in [0.3, 0.4) is 0 Å². The molecule has 16 heavy (non-hydrogen) atoms. The molecule has 2 heteroatoms. The lowest BCUT2D eigenvalue weighted by molar-refractivity contribution is 0.165. The van der Waals surface area contributed by atoms with Crippen molar-refractivity contribution in [2.24, 2.45) is 11.8 Å². The van der Waals surface area contributed by atoms with Crippen molar-refractivity contribution in [2.45, 2.75) is 51.0 Å². The van der Waals surface area contributed by atoms with Crippen LogP contribution < -0.4 is 5.32 Å². The average Bonchev–Trinajstić information content (AvgIpc) is 2.74. The molecule has 1 aliphatic carbocycles. The van der Waals surface area contributed by atoms with Gasteiger partial charge in [-0.2, -0.15) is 0 Å². The highest BCUT2D eigenvalue weighted by molar-refractivity contribution is 4.93. The summed E-state index contributed by atoms with van der Waals surface area (Å²) in [5.74, 6) is 1.97. The van der Waals surface area contributed by atoms with E-state index in [0.717, 1.165) is 17.9 Å². The van der Waals surface area contributed by atoms with Crippen LogP contribution in [0.1, 0.15) is 44.9 Å². The maximum absolute atomic E-state index is 3.77. The van der Waals surface area contributed by atoms with Gasteiger partial charge in [-0.05, 0) is 57.2 Å². The van der Waals surface area contributed by atoms with Crippen molar-refractivity contribution in [2.75, 3.05) is 26.2 Å². The Morgan fingerprint density at radius 2 is 1.75 bits per heavy atom. The van der Waals surface area contributed by atoms with Crippen molar-refractivity contribution in [1.82, 2.24) is 10.2 Å². The van der Waals surface area contributed by atoms with Crippen molar-refractivity contribution < 1.29 is 0 Å². The third-order valence-electron chi connectivity index (χ3n) is 5.01. The van der Waals surface area contributed by atoms with E-state index < -0.39 is 0 Å². The summed E-state index contributed by atoms with van der Waals surface area (Å²) < 4.78 is 0. The second kappa shape index (κ2) is 5.05. The van der Waals surface area contributed by atoms with Crippen LogP contribution in [-0.2, 0) is 0 Å². The van der Waals surface area contributed by atoms with Crippen LogP contribution in [0.4, 0.5) is 0 Å². The van der Waals surface area contributed by atoms with Crippen LogP contribution in [0.5, 0.6) is 0 Å². The topological polar surface area (TPSA) is 15.3 Å². The third kappa shape index (κ3) is 2.28. The lowest BCUT2D eigenvalue weighted by Gasteiger charge is -2.33. The number of hydrogen-bond donors (Lipinski definition) is 1. The van der Waals surface area contributed by atoms with Gasteiger partial charge in [-0.25, -0.2) is 0 Å². The summed E-state index contributed by atoms with van der Waals surface area (Å²) in [6.45, 7) is 5.42. The lowest BCUT2D eigenvalue weighted by Crippen LogP contribution is -2.37. The van der Waals surface area contributed by atoms with Gasteiger partial charge in [0, 0.05) is 12.6 Å². The lowest BCUT2D eigenvalue weighted by atomic mass is 9.79. The molecule has 2 heterocycles. The maximum Gasteiger partial charge on any atom is 0.00990 e. The number of nitrogens with zero attached hydrogens (tertiary/aromatic N) is 1. The summed E-state index contributed by atoms with van der Waals surface area (Å²) in [6, 6.07) is 0.878. The standard InChI is InChI=1S/C14H26N2/c1-4-8-16(9-5-1)11-12-10-15-14-7-3-2-6-13(12)14/h12-15H,1-11H2. The highest BCUT2D eigenvalue weighted by Gasteiger charge is 2.37. The van der Waals surface area contributed by atoms with E-state index in [4.69, 9.17) is 0 Å². The molecule has 92 valence electrons. The SMILES string of the molecule is C1CCN(CC2CNC3CCCCC23)CC1. The first-order valence-electron chi connectivity index (χ1n) is 7.39. The van der Waals surface area contributed by atoms with Crippen LogP contribution in [0.2, 0.25) is 0 Å². The van der Waals surface area contributed by atoms with E-state index in [0.29, 0.717) is 0 Å². The molecule has 2 saturated heterocycles. The van der Waals surface area contributed by atoms with Crippen molar-refractivity contribution in [3.05, 3.63) is 0 Å². The van der Waals surface area contributed by atoms with Crippen LogP contribution in [-0.4, -0.2) is 37.1 Å². The van der Waals surface area contributed by atoms with Gasteiger partial charge in [-0.15, -0.1) is 0 Å². The zero-order valence-corrected chi connectivity index (χ0v) is 10.5. The molecule has 0 aromatic rings. The second-order valence-electron chi connectivity index (χ2n) is 6.08. The molecule has 0 aromatic carbocycles. The Kier molecular flexibility index (Phi) is 3.49. The average molecular weight is 222 g/mol. The van der Waals surface area contributed by atoms with E-state index >= 15 is 0 Å². The smallest absolute Gasteiger partial charge is 0.00990 e. The molecule has 3 atom stereocenters. The Labute approximate surface area is 99.8 Å². The number of nitrogens with one attached hydrogen (secondary N) is 1. The first kappa shape index (κ1) is 11.0. The first-order valence-corrected chi connectivity index (χ1v) is 7.39. The van der Waals surface area contributed by atoms with Crippen molar-refractivity contribution in [1.29, 1.82) is 0 Å². The van der Waals surface area contributed by atoms with Crippen LogP contribution in [0, 0.1) is 11.8 Å². The van der Waals surface area contributed by atoms with E-state index in [2.05, 4.69) is 10.2 Å². The zero-order valence-electron chi connectivity index (χ0n) is 10.5. The normalized spacial score (nSPS) is 40.9. The first-order chi connectivity index (χ1) is 7.93. The van der Waals surface area contributed by atoms with Gasteiger partial charge in [0.1, 0.15) is 0 Å². The highest BCUT2D eigenvalue weighted by Crippen LogP contribution is 2.35. The van der Waals surface area contributed by atoms with E-state index in [-0.39, 0.29) is 0 Å². The molecule has 0 bridgehead atoms. The molecule has 0 radical (unpaired) electrons. The van der Waals surface area contributed by atoms with Gasteiger partial charge in [-0.3, -0.25) is 0 Å². The number of hydrogen-bond acceptors (Lipinski definition) is 2. The molecule has 3 fully saturated rings. The molecule has 3 rings (SSSR count). The fourth-order valence-electron chi connectivity index (χ4n) is 4.10. The summed E-state index contributed by atoms with van der Waals surface area (Å²) >= 11 is 0. The molecule has 2 nitrogen and oxygen atoms in total. The summed E-state index contributed by atoms with van der Waals surface area (Å²) in [4.78, 5) is 2.73. The molecule has 1 saturated carbocycles. The summed E-state index contributed by atoms with van der Waals surface area (Å²) in [6.07, 6.45) is 10.2. The third-order valence-corrected chi connectivity index (χ3v) is 5.01. The van der Waals surface area contributed by atoms with E-state index in [1.807, 2.05) is 0 Å². The minimum absolute atomic E-state index is 0.878. The van der Waals surface area contributed by atoms with Gasteiger partial charge in [0.25, 0.3) is 0 Å². The summed E-state index contributed by atoms with van der Waals surface area (Å²) in [5.41, 5.74) is 0. The molecule has 0 spiro atoms. The minimum Gasteiger partial charge on any atom is -0.313 e. The van der Waals surface area contributed by atoms with Gasteiger partial charge >= 0.3 is 0 Å². The fraction of sp³-hybridized carbons (Fsp3) is 1.00. The molecular formula is C14H26N2. The quantitative estimate of drug-likeness (QED) is 0.771. The van der Waals surface area contributed by atoms with Gasteiger partial charge in [0.2, 0.25) is 0 Å². The largest absolute Gasteiger partial charge is 0.313 e. The molecule has 0 aromatic heterocycles. The molecule has 0 amide bonds. The fourth-order valence-corrected chi connectivity index (χ4v) is 4.10. The number of rotatable bonds is 2. The van der Waals surface area contributed by atoms with E-state index in [1.54, 1.807) is 0 Å². The van der Waals surface area contributed by atoms with Gasteiger partial charge < -0.3 is 10.2 Å². The summed E-state index contributed by atoms with van der Waals surface area (Å²) in [7, 11) is 0. The molecular weight excluding hydrogens is 196 g/mol. The monoisotopic (exact) mass is 222 g/mol. The summed E-state index contributed by atoms with van der Waals surface area (Å²) in [5, 5.41) is 3.77. The molecule has 3 aliphatic rings. The van der Waals surface area contributed by atoms with Gasteiger partial charge in [-0.1, -0.05) is 19.3 Å². The molecule has 2 aliphatic heterocycles. The molecule has 3 unspecified atom stereocenters. The zero-order chi connectivity index (χ0) is 10.8. The number of fused-ring (bicyclic) bond motifs is 1. The van der Waals surface area contributed by atoms with Crippen molar-refractivity contribution in [3.63, 3.8) is 0 Å². The maximum atomic E-state index is 3.77. The van der Waals surface area contributed by atoms with Crippen LogP contribution >= 0.6 is 0 Å². The minimum atomic E-state index is 0.878. The Morgan fingerprint density at radius 1 is 0.938 bits per heavy atom. The Bertz CT molecular complexity index is 223. The Hall–Kier alpha value is -0.0800. The van der Waals surface area contributed by atoms with E-state index in [9.17, 15) is 0 Å². The number of piperidine rings is 1. The second-order valence-corrected chi connectivity index (χ2v) is 6.08. The van der Waals surface area contributed by atoms with Crippen molar-refractivity contribution >= 4 is 0 Å². The predicted octanol–water partition coefficient (Wildman–Crippen LogP) is 2.25. The van der Waals surface area contributed by atoms with Crippen LogP contribution in [0.25, 0.3) is 0 Å². The van der Waals surface area contributed by atoms with E-state index in [1.165, 1.54) is 71.1 Å². The number of likely N-dealkylation sites (tertiary alicyclic amines) is 1. The molecule has 1 N–H and O–H groups in total. The van der Waals surface area contributed by atoms with Gasteiger partial charge in [0.05, 0.1) is 0 Å².